The molecule has 0 spiro atoms. The summed E-state index contributed by atoms with van der Waals surface area (Å²) in [6, 6.07) is 10.8. The largest absolute Gasteiger partial charge is 0.351 e. The van der Waals surface area contributed by atoms with E-state index in [1.54, 1.807) is 17.2 Å². The molecular weight excluding hydrogens is 335 g/mol. The molecule has 8 heteroatoms. The van der Waals surface area contributed by atoms with Crippen LogP contribution in [-0.2, 0) is 0 Å². The highest BCUT2D eigenvalue weighted by atomic mass is 19.1. The number of anilines is 1. The van der Waals surface area contributed by atoms with Crippen LogP contribution in [0.15, 0.2) is 48.9 Å². The number of hydrogen-bond acceptors (Lipinski definition) is 5. The number of rotatable bonds is 3. The smallest absolute Gasteiger partial charge is 0.271 e. The van der Waals surface area contributed by atoms with Crippen molar-refractivity contribution >= 4 is 11.7 Å². The average Bonchev–Trinajstić information content (AvgIpc) is 3.23. The molecule has 1 saturated heterocycles. The average molecular weight is 352 g/mol. The van der Waals surface area contributed by atoms with Gasteiger partial charge in [0.05, 0.1) is 0 Å². The molecule has 0 saturated carbocycles. The van der Waals surface area contributed by atoms with Crippen LogP contribution in [0.3, 0.4) is 0 Å². The summed E-state index contributed by atoms with van der Waals surface area (Å²) in [6.45, 7) is 1.98. The Morgan fingerprint density at radius 1 is 1.04 bits per heavy atom. The Morgan fingerprint density at radius 3 is 2.50 bits per heavy atom. The van der Waals surface area contributed by atoms with Crippen molar-refractivity contribution in [2.75, 3.05) is 31.1 Å². The molecule has 3 aromatic rings. The van der Waals surface area contributed by atoms with E-state index in [1.807, 2.05) is 35.2 Å². The lowest BCUT2D eigenvalue weighted by Gasteiger charge is -2.35. The topological polar surface area (TPSA) is 78.0 Å². The van der Waals surface area contributed by atoms with E-state index in [2.05, 4.69) is 20.2 Å². The highest BCUT2D eigenvalue weighted by Crippen LogP contribution is 2.26. The molecule has 7 nitrogen and oxygen atoms in total. The van der Waals surface area contributed by atoms with Crippen LogP contribution in [0.25, 0.3) is 11.3 Å². The standard InChI is InChI=1S/C18H17FN6O/c19-15-16(13-4-2-1-3-5-13)20-12-21-17(15)24-8-10-25(11-9-24)18(26)14-6-7-22-23-14/h1-7,12H,8-11H2,(H,22,23). The lowest BCUT2D eigenvalue weighted by Crippen LogP contribution is -2.49. The zero-order valence-electron chi connectivity index (χ0n) is 14.0. The molecule has 0 radical (unpaired) electrons. The van der Waals surface area contributed by atoms with Crippen molar-refractivity contribution in [3.63, 3.8) is 0 Å². The van der Waals surface area contributed by atoms with Crippen LogP contribution in [0, 0.1) is 5.82 Å². The van der Waals surface area contributed by atoms with E-state index in [1.165, 1.54) is 6.33 Å². The SMILES string of the molecule is O=C(c1ccn[nH]1)N1CCN(c2ncnc(-c3ccccc3)c2F)CC1. The van der Waals surface area contributed by atoms with Crippen molar-refractivity contribution in [2.24, 2.45) is 0 Å². The summed E-state index contributed by atoms with van der Waals surface area (Å²) in [5.74, 6) is -0.269. The highest BCUT2D eigenvalue weighted by molar-refractivity contribution is 5.92. The second-order valence-electron chi connectivity index (χ2n) is 5.98. The van der Waals surface area contributed by atoms with Crippen molar-refractivity contribution in [3.8, 4) is 11.3 Å². The highest BCUT2D eigenvalue weighted by Gasteiger charge is 2.26. The number of carbonyl (C=O) groups is 1. The Morgan fingerprint density at radius 2 is 1.81 bits per heavy atom. The molecule has 1 aromatic carbocycles. The third-order valence-electron chi connectivity index (χ3n) is 4.42. The minimum Gasteiger partial charge on any atom is -0.351 e. The first kappa shape index (κ1) is 16.2. The maximum absolute atomic E-state index is 15.0. The molecule has 4 rings (SSSR count). The van der Waals surface area contributed by atoms with E-state index in [-0.39, 0.29) is 17.4 Å². The zero-order chi connectivity index (χ0) is 17.9. The van der Waals surface area contributed by atoms with E-state index in [9.17, 15) is 9.18 Å². The van der Waals surface area contributed by atoms with Gasteiger partial charge < -0.3 is 9.80 Å². The van der Waals surface area contributed by atoms with Crippen molar-refractivity contribution in [1.29, 1.82) is 0 Å². The van der Waals surface area contributed by atoms with Crippen LogP contribution in [0.2, 0.25) is 0 Å². The molecule has 26 heavy (non-hydrogen) atoms. The second kappa shape index (κ2) is 6.91. The number of aromatic nitrogens is 4. The van der Waals surface area contributed by atoms with Crippen molar-refractivity contribution < 1.29 is 9.18 Å². The first-order chi connectivity index (χ1) is 12.7. The van der Waals surface area contributed by atoms with Crippen LogP contribution in [0.1, 0.15) is 10.5 Å². The van der Waals surface area contributed by atoms with Crippen LogP contribution in [0.4, 0.5) is 10.2 Å². The van der Waals surface area contributed by atoms with Gasteiger partial charge in [0.1, 0.15) is 17.7 Å². The lowest BCUT2D eigenvalue weighted by molar-refractivity contribution is 0.0740. The second-order valence-corrected chi connectivity index (χ2v) is 5.98. The summed E-state index contributed by atoms with van der Waals surface area (Å²) in [6.07, 6.45) is 2.92. The van der Waals surface area contributed by atoms with Gasteiger partial charge in [-0.2, -0.15) is 5.10 Å². The number of hydrogen-bond donors (Lipinski definition) is 1. The van der Waals surface area contributed by atoms with Crippen LogP contribution < -0.4 is 4.90 Å². The number of nitrogens with zero attached hydrogens (tertiary/aromatic N) is 5. The number of aromatic amines is 1. The first-order valence-corrected chi connectivity index (χ1v) is 8.33. The van der Waals surface area contributed by atoms with E-state index in [0.717, 1.165) is 0 Å². The predicted octanol–water partition coefficient (Wildman–Crippen LogP) is 1.97. The van der Waals surface area contributed by atoms with Gasteiger partial charge in [-0.05, 0) is 6.07 Å². The fourth-order valence-electron chi connectivity index (χ4n) is 3.04. The van der Waals surface area contributed by atoms with E-state index >= 15 is 0 Å². The molecule has 0 unspecified atom stereocenters. The minimum atomic E-state index is -0.438. The molecule has 1 amide bonds. The summed E-state index contributed by atoms with van der Waals surface area (Å²) in [5, 5.41) is 6.48. The van der Waals surface area contributed by atoms with Crippen LogP contribution in [-0.4, -0.2) is 57.2 Å². The monoisotopic (exact) mass is 352 g/mol. The molecule has 1 fully saturated rings. The van der Waals surface area contributed by atoms with Gasteiger partial charge in [-0.15, -0.1) is 0 Å². The van der Waals surface area contributed by atoms with Crippen LogP contribution >= 0.6 is 0 Å². The summed E-state index contributed by atoms with van der Waals surface area (Å²) in [7, 11) is 0. The molecule has 3 heterocycles. The number of benzene rings is 1. The molecule has 0 atom stereocenters. The molecule has 1 aliphatic rings. The fraction of sp³-hybridized carbons (Fsp3) is 0.222. The lowest BCUT2D eigenvalue weighted by atomic mass is 10.1. The van der Waals surface area contributed by atoms with E-state index < -0.39 is 5.82 Å². The van der Waals surface area contributed by atoms with Crippen LogP contribution in [0.5, 0.6) is 0 Å². The van der Waals surface area contributed by atoms with E-state index in [4.69, 9.17) is 0 Å². The summed E-state index contributed by atoms with van der Waals surface area (Å²) in [5.41, 5.74) is 1.45. The molecule has 1 aliphatic heterocycles. The van der Waals surface area contributed by atoms with E-state index in [0.29, 0.717) is 37.4 Å². The molecule has 132 valence electrons. The van der Waals surface area contributed by atoms with Gasteiger partial charge in [-0.3, -0.25) is 9.89 Å². The maximum atomic E-state index is 15.0. The third kappa shape index (κ3) is 3.01. The Labute approximate surface area is 149 Å². The fourth-order valence-corrected chi connectivity index (χ4v) is 3.04. The van der Waals surface area contributed by atoms with Gasteiger partial charge in [0, 0.05) is 37.9 Å². The summed E-state index contributed by atoms with van der Waals surface area (Å²) >= 11 is 0. The molecule has 1 N–H and O–H groups in total. The van der Waals surface area contributed by atoms with Gasteiger partial charge >= 0.3 is 0 Å². The number of carbonyl (C=O) groups excluding carboxylic acids is 1. The number of nitrogens with one attached hydrogen (secondary N) is 1. The molecule has 2 aromatic heterocycles. The van der Waals surface area contributed by atoms with Crippen molar-refractivity contribution in [3.05, 3.63) is 60.4 Å². The quantitative estimate of drug-likeness (QED) is 0.780. The Balaban J connectivity index is 1.51. The predicted molar refractivity (Wildman–Crippen MR) is 94.1 cm³/mol. The first-order valence-electron chi connectivity index (χ1n) is 8.33. The summed E-state index contributed by atoms with van der Waals surface area (Å²) in [4.78, 5) is 24.1. The number of H-pyrrole nitrogens is 1. The number of halogens is 1. The van der Waals surface area contributed by atoms with Crippen molar-refractivity contribution in [1.82, 2.24) is 25.1 Å². The normalized spacial score (nSPS) is 14.5. The third-order valence-corrected chi connectivity index (χ3v) is 4.42. The molecular formula is C18H17FN6O. The van der Waals surface area contributed by atoms with Gasteiger partial charge in [0.25, 0.3) is 5.91 Å². The Kier molecular flexibility index (Phi) is 4.30. The van der Waals surface area contributed by atoms with Gasteiger partial charge in [-0.25, -0.2) is 14.4 Å². The molecule has 0 aliphatic carbocycles. The maximum Gasteiger partial charge on any atom is 0.271 e. The number of piperazine rings is 1. The Hall–Kier alpha value is -3.29. The van der Waals surface area contributed by atoms with Gasteiger partial charge in [-0.1, -0.05) is 30.3 Å². The Bertz CT molecular complexity index is 891. The zero-order valence-corrected chi connectivity index (χ0v) is 14.0. The summed E-state index contributed by atoms with van der Waals surface area (Å²) < 4.78 is 15.0. The van der Waals surface area contributed by atoms with Gasteiger partial charge in [0.2, 0.25) is 0 Å². The number of amides is 1. The van der Waals surface area contributed by atoms with Crippen molar-refractivity contribution in [2.45, 2.75) is 0 Å². The molecule has 0 bridgehead atoms. The minimum absolute atomic E-state index is 0.102. The van der Waals surface area contributed by atoms with Gasteiger partial charge in [0.15, 0.2) is 11.6 Å².